The van der Waals surface area contributed by atoms with E-state index in [-0.39, 0.29) is 0 Å². The monoisotopic (exact) mass is 208 g/mol. The number of rotatable bonds is 3. The molecule has 0 saturated heterocycles. The molecule has 0 aliphatic carbocycles. The van der Waals surface area contributed by atoms with E-state index in [2.05, 4.69) is 18.8 Å². The van der Waals surface area contributed by atoms with Gasteiger partial charge in [0.15, 0.2) is 0 Å². The van der Waals surface area contributed by atoms with Crippen LogP contribution in [0.25, 0.3) is 0 Å². The molecule has 0 aromatic carbocycles. The van der Waals surface area contributed by atoms with Gasteiger partial charge < -0.3 is 10.5 Å². The number of aliphatic imine (C=N–C) groups is 1. The molecule has 1 heterocycles. The summed E-state index contributed by atoms with van der Waals surface area (Å²) in [6, 6.07) is 0. The van der Waals surface area contributed by atoms with E-state index in [1.54, 1.807) is 0 Å². The van der Waals surface area contributed by atoms with Gasteiger partial charge >= 0.3 is 0 Å². The van der Waals surface area contributed by atoms with Crippen molar-refractivity contribution in [2.24, 2.45) is 16.6 Å². The molecule has 0 fully saturated rings. The van der Waals surface area contributed by atoms with Crippen LogP contribution in [0, 0.1) is 5.92 Å². The van der Waals surface area contributed by atoms with Crippen LogP contribution < -0.4 is 5.73 Å². The minimum absolute atomic E-state index is 0.396. The first-order valence-corrected chi connectivity index (χ1v) is 5.41. The molecule has 0 saturated carbocycles. The second-order valence-electron chi connectivity index (χ2n) is 3.96. The fraction of sp³-hybridized carbons (Fsp3) is 0.583. The Morgan fingerprint density at radius 3 is 2.80 bits per heavy atom. The Bertz CT molecular complexity index is 301. The van der Waals surface area contributed by atoms with E-state index in [1.807, 2.05) is 19.2 Å². The summed E-state index contributed by atoms with van der Waals surface area (Å²) >= 11 is 0. The van der Waals surface area contributed by atoms with Crippen molar-refractivity contribution in [3.63, 3.8) is 0 Å². The zero-order chi connectivity index (χ0) is 11.3. The van der Waals surface area contributed by atoms with Crippen LogP contribution in [0.1, 0.15) is 27.2 Å². The van der Waals surface area contributed by atoms with Gasteiger partial charge in [-0.1, -0.05) is 19.9 Å². The summed E-state index contributed by atoms with van der Waals surface area (Å²) in [4.78, 5) is 4.46. The minimum atomic E-state index is 0.396. The number of allylic oxidation sites excluding steroid dienone is 1. The minimum Gasteiger partial charge on any atom is -0.400 e. The van der Waals surface area contributed by atoms with Crippen LogP contribution >= 0.6 is 0 Å². The Morgan fingerprint density at radius 2 is 2.27 bits per heavy atom. The Balaban J connectivity index is 2.98. The molecule has 1 rings (SSSR count). The first-order valence-electron chi connectivity index (χ1n) is 5.41. The van der Waals surface area contributed by atoms with Gasteiger partial charge in [0, 0.05) is 17.6 Å². The van der Waals surface area contributed by atoms with Crippen molar-refractivity contribution < 1.29 is 4.74 Å². The van der Waals surface area contributed by atoms with Crippen LogP contribution in [0.4, 0.5) is 0 Å². The van der Waals surface area contributed by atoms with Gasteiger partial charge in [-0.3, -0.25) is 4.99 Å². The molecule has 0 amide bonds. The smallest absolute Gasteiger partial charge is 0.0864 e. The van der Waals surface area contributed by atoms with Gasteiger partial charge in [-0.15, -0.1) is 0 Å². The average molecular weight is 208 g/mol. The summed E-state index contributed by atoms with van der Waals surface area (Å²) in [7, 11) is 0. The van der Waals surface area contributed by atoms with Gasteiger partial charge in [0.25, 0.3) is 0 Å². The van der Waals surface area contributed by atoms with E-state index in [0.29, 0.717) is 12.5 Å². The SMILES string of the molecule is C/C=C\N=C(C1=C(N)COCC1)C(C)C. The third-order valence-electron chi connectivity index (χ3n) is 2.36. The van der Waals surface area contributed by atoms with E-state index in [9.17, 15) is 0 Å². The van der Waals surface area contributed by atoms with Gasteiger partial charge in [-0.25, -0.2) is 0 Å². The summed E-state index contributed by atoms with van der Waals surface area (Å²) in [5.41, 5.74) is 9.04. The summed E-state index contributed by atoms with van der Waals surface area (Å²) in [6.45, 7) is 7.52. The van der Waals surface area contributed by atoms with Crippen molar-refractivity contribution in [3.8, 4) is 0 Å². The maximum Gasteiger partial charge on any atom is 0.0864 e. The molecule has 84 valence electrons. The molecule has 3 nitrogen and oxygen atoms in total. The van der Waals surface area contributed by atoms with Crippen LogP contribution in [0.3, 0.4) is 0 Å². The zero-order valence-electron chi connectivity index (χ0n) is 9.79. The lowest BCUT2D eigenvalue weighted by molar-refractivity contribution is 0.147. The van der Waals surface area contributed by atoms with Crippen molar-refractivity contribution in [2.75, 3.05) is 13.2 Å². The van der Waals surface area contributed by atoms with Gasteiger partial charge in [0.2, 0.25) is 0 Å². The number of hydrogen-bond donors (Lipinski definition) is 1. The first kappa shape index (κ1) is 12.0. The van der Waals surface area contributed by atoms with E-state index >= 15 is 0 Å². The fourth-order valence-corrected chi connectivity index (χ4v) is 1.63. The first-order chi connectivity index (χ1) is 7.16. The molecule has 0 atom stereocenters. The average Bonchev–Trinajstić information content (AvgIpc) is 2.20. The number of hydrogen-bond acceptors (Lipinski definition) is 3. The number of nitrogens with zero attached hydrogens (tertiary/aromatic N) is 1. The predicted molar refractivity (Wildman–Crippen MR) is 63.7 cm³/mol. The maximum atomic E-state index is 5.94. The molecule has 1 aliphatic rings. The summed E-state index contributed by atoms with van der Waals surface area (Å²) in [5.74, 6) is 0.396. The third-order valence-corrected chi connectivity index (χ3v) is 2.36. The van der Waals surface area contributed by atoms with Gasteiger partial charge in [-0.05, 0) is 24.8 Å². The Hall–Kier alpha value is -1.09. The van der Waals surface area contributed by atoms with Crippen molar-refractivity contribution in [1.29, 1.82) is 0 Å². The van der Waals surface area contributed by atoms with Crippen LogP contribution in [0.5, 0.6) is 0 Å². The highest BCUT2D eigenvalue weighted by Crippen LogP contribution is 2.18. The second kappa shape index (κ2) is 5.71. The molecule has 1 aliphatic heterocycles. The van der Waals surface area contributed by atoms with Crippen molar-refractivity contribution in [3.05, 3.63) is 23.5 Å². The van der Waals surface area contributed by atoms with Crippen LogP contribution in [-0.4, -0.2) is 18.9 Å². The summed E-state index contributed by atoms with van der Waals surface area (Å²) < 4.78 is 5.29. The molecule has 15 heavy (non-hydrogen) atoms. The number of nitrogens with two attached hydrogens (primary N) is 1. The summed E-state index contributed by atoms with van der Waals surface area (Å²) in [5, 5.41) is 0. The molecule has 0 spiro atoms. The fourth-order valence-electron chi connectivity index (χ4n) is 1.63. The second-order valence-corrected chi connectivity index (χ2v) is 3.96. The van der Waals surface area contributed by atoms with Crippen molar-refractivity contribution in [2.45, 2.75) is 27.2 Å². The van der Waals surface area contributed by atoms with Crippen molar-refractivity contribution >= 4 is 5.71 Å². The molecule has 2 N–H and O–H groups in total. The molecule has 3 heteroatoms. The van der Waals surface area contributed by atoms with Crippen LogP contribution in [-0.2, 0) is 4.74 Å². The number of ether oxygens (including phenoxy) is 1. The molecule has 0 unspecified atom stereocenters. The Labute approximate surface area is 91.7 Å². The normalized spacial score (nSPS) is 19.3. The van der Waals surface area contributed by atoms with Crippen LogP contribution in [0.2, 0.25) is 0 Å². The van der Waals surface area contributed by atoms with E-state index in [0.717, 1.165) is 24.4 Å². The molecule has 0 aromatic rings. The lowest BCUT2D eigenvalue weighted by Crippen LogP contribution is -2.24. The molecule has 0 bridgehead atoms. The molecular formula is C12H20N2O. The molecular weight excluding hydrogens is 188 g/mol. The summed E-state index contributed by atoms with van der Waals surface area (Å²) in [6.07, 6.45) is 4.63. The van der Waals surface area contributed by atoms with E-state index < -0.39 is 0 Å². The maximum absolute atomic E-state index is 5.94. The Kier molecular flexibility index (Phi) is 4.56. The highest BCUT2D eigenvalue weighted by Gasteiger charge is 2.17. The lowest BCUT2D eigenvalue weighted by atomic mass is 9.95. The molecule has 0 aromatic heterocycles. The van der Waals surface area contributed by atoms with Gasteiger partial charge in [0.1, 0.15) is 0 Å². The molecule has 0 radical (unpaired) electrons. The Morgan fingerprint density at radius 1 is 1.53 bits per heavy atom. The highest BCUT2D eigenvalue weighted by atomic mass is 16.5. The van der Waals surface area contributed by atoms with Gasteiger partial charge in [0.05, 0.1) is 13.2 Å². The van der Waals surface area contributed by atoms with Crippen molar-refractivity contribution in [1.82, 2.24) is 0 Å². The van der Waals surface area contributed by atoms with Crippen LogP contribution in [0.15, 0.2) is 28.5 Å². The zero-order valence-corrected chi connectivity index (χ0v) is 9.79. The van der Waals surface area contributed by atoms with E-state index in [1.165, 1.54) is 5.57 Å². The highest BCUT2D eigenvalue weighted by molar-refractivity contribution is 6.02. The van der Waals surface area contributed by atoms with E-state index in [4.69, 9.17) is 10.5 Å². The predicted octanol–water partition coefficient (Wildman–Crippen LogP) is 2.25. The quantitative estimate of drug-likeness (QED) is 0.723. The van der Waals surface area contributed by atoms with Gasteiger partial charge in [-0.2, -0.15) is 0 Å². The largest absolute Gasteiger partial charge is 0.400 e. The standard InChI is InChI=1S/C12H20N2O/c1-4-6-14-12(9(2)3)10-5-7-15-8-11(10)13/h4,6,9H,5,7-8,13H2,1-3H3/b6-4-,14-12?. The third kappa shape index (κ3) is 3.20. The lowest BCUT2D eigenvalue weighted by Gasteiger charge is -2.21. The topological polar surface area (TPSA) is 47.6 Å².